The molecule has 0 fully saturated rings. The van der Waals surface area contributed by atoms with Crippen molar-refractivity contribution in [1.29, 1.82) is 0 Å². The fraction of sp³-hybridized carbons (Fsp3) is 0.200. The molecular formula is C10H11N5O2S. The summed E-state index contributed by atoms with van der Waals surface area (Å²) < 4.78 is 1.50. The molecular weight excluding hydrogens is 254 g/mol. The Labute approximate surface area is 107 Å². The first kappa shape index (κ1) is 12.4. The second kappa shape index (κ2) is 5.50. The Morgan fingerprint density at radius 3 is 2.94 bits per heavy atom. The van der Waals surface area contributed by atoms with E-state index in [1.807, 2.05) is 6.07 Å². The number of thioether (sulfide) groups is 1. The highest BCUT2D eigenvalue weighted by Crippen LogP contribution is 2.17. The van der Waals surface area contributed by atoms with Crippen molar-refractivity contribution in [1.82, 2.24) is 20.0 Å². The summed E-state index contributed by atoms with van der Waals surface area (Å²) in [6.07, 6.45) is 3.11. The molecule has 0 aliphatic carbocycles. The van der Waals surface area contributed by atoms with Crippen LogP contribution in [0.2, 0.25) is 0 Å². The number of carbonyl (C=O) groups is 1. The third-order valence-corrected chi connectivity index (χ3v) is 3.07. The van der Waals surface area contributed by atoms with Crippen molar-refractivity contribution in [3.8, 4) is 0 Å². The fourth-order valence-electron chi connectivity index (χ4n) is 1.24. The van der Waals surface area contributed by atoms with E-state index in [0.29, 0.717) is 12.4 Å². The van der Waals surface area contributed by atoms with E-state index in [4.69, 9.17) is 10.8 Å². The maximum atomic E-state index is 10.6. The van der Waals surface area contributed by atoms with E-state index in [1.54, 1.807) is 24.0 Å². The van der Waals surface area contributed by atoms with E-state index in [9.17, 15) is 4.79 Å². The molecule has 2 rings (SSSR count). The number of nitrogen functional groups attached to an aromatic ring is 1. The quantitative estimate of drug-likeness (QED) is 0.768. The first-order valence-electron chi connectivity index (χ1n) is 5.13. The van der Waals surface area contributed by atoms with Crippen LogP contribution < -0.4 is 5.73 Å². The highest BCUT2D eigenvalue weighted by atomic mass is 32.2. The van der Waals surface area contributed by atoms with Crippen LogP contribution in [0.3, 0.4) is 0 Å². The largest absolute Gasteiger partial charge is 0.476 e. The zero-order chi connectivity index (χ0) is 13.0. The van der Waals surface area contributed by atoms with Crippen molar-refractivity contribution in [2.24, 2.45) is 0 Å². The number of hydrogen-bond acceptors (Lipinski definition) is 6. The summed E-state index contributed by atoms with van der Waals surface area (Å²) in [5.41, 5.74) is 5.43. The zero-order valence-corrected chi connectivity index (χ0v) is 10.2. The van der Waals surface area contributed by atoms with E-state index in [-0.39, 0.29) is 5.69 Å². The Hall–Kier alpha value is -2.09. The van der Waals surface area contributed by atoms with Gasteiger partial charge in [-0.1, -0.05) is 5.21 Å². The Bertz CT molecular complexity index is 539. The lowest BCUT2D eigenvalue weighted by Gasteiger charge is -2.01. The number of pyridine rings is 1. The lowest BCUT2D eigenvalue weighted by molar-refractivity contribution is 0.0690. The highest BCUT2D eigenvalue weighted by Gasteiger charge is 2.07. The Morgan fingerprint density at radius 1 is 1.50 bits per heavy atom. The van der Waals surface area contributed by atoms with Crippen LogP contribution >= 0.6 is 11.8 Å². The molecule has 2 aromatic rings. The molecule has 0 atom stereocenters. The zero-order valence-electron chi connectivity index (χ0n) is 9.35. The van der Waals surface area contributed by atoms with Gasteiger partial charge in [0.1, 0.15) is 5.82 Å². The molecule has 18 heavy (non-hydrogen) atoms. The summed E-state index contributed by atoms with van der Waals surface area (Å²) in [6.45, 7) is 0.579. The lowest BCUT2D eigenvalue weighted by atomic mass is 10.5. The molecule has 7 nitrogen and oxygen atoms in total. The first-order valence-corrected chi connectivity index (χ1v) is 6.11. The molecule has 0 amide bonds. The highest BCUT2D eigenvalue weighted by molar-refractivity contribution is 7.99. The number of nitrogens with zero attached hydrogens (tertiary/aromatic N) is 4. The molecule has 0 aliphatic rings. The molecule has 3 N–H and O–H groups in total. The van der Waals surface area contributed by atoms with E-state index in [0.717, 1.165) is 10.6 Å². The van der Waals surface area contributed by atoms with Crippen molar-refractivity contribution in [3.05, 3.63) is 30.2 Å². The number of carboxylic acids is 1. The first-order chi connectivity index (χ1) is 8.65. The summed E-state index contributed by atoms with van der Waals surface area (Å²) in [5, 5.41) is 15.9. The smallest absolute Gasteiger partial charge is 0.358 e. The van der Waals surface area contributed by atoms with Crippen molar-refractivity contribution >= 4 is 23.5 Å². The molecule has 2 aromatic heterocycles. The molecule has 0 saturated carbocycles. The van der Waals surface area contributed by atoms with Crippen LogP contribution in [-0.4, -0.2) is 36.8 Å². The van der Waals surface area contributed by atoms with Crippen LogP contribution in [0.25, 0.3) is 0 Å². The minimum Gasteiger partial charge on any atom is -0.476 e. The molecule has 0 bridgehead atoms. The second-order valence-corrected chi connectivity index (χ2v) is 4.61. The van der Waals surface area contributed by atoms with Gasteiger partial charge in [-0.25, -0.2) is 9.78 Å². The van der Waals surface area contributed by atoms with Gasteiger partial charge < -0.3 is 10.8 Å². The fourth-order valence-corrected chi connectivity index (χ4v) is 2.05. The topological polar surface area (TPSA) is 107 Å². The van der Waals surface area contributed by atoms with E-state index < -0.39 is 5.97 Å². The van der Waals surface area contributed by atoms with Gasteiger partial charge in [0, 0.05) is 16.8 Å². The molecule has 0 radical (unpaired) electrons. The Kier molecular flexibility index (Phi) is 3.78. The van der Waals surface area contributed by atoms with Crippen LogP contribution in [0, 0.1) is 0 Å². The number of rotatable bonds is 5. The van der Waals surface area contributed by atoms with Crippen molar-refractivity contribution in [3.63, 3.8) is 0 Å². The maximum absolute atomic E-state index is 10.6. The summed E-state index contributed by atoms with van der Waals surface area (Å²) in [5.74, 6) is 0.159. The number of nitrogens with two attached hydrogens (primary N) is 1. The van der Waals surface area contributed by atoms with E-state index in [2.05, 4.69) is 15.3 Å². The Morgan fingerprint density at radius 2 is 2.33 bits per heavy atom. The molecule has 8 heteroatoms. The van der Waals surface area contributed by atoms with Crippen molar-refractivity contribution in [2.75, 3.05) is 11.5 Å². The van der Waals surface area contributed by atoms with Crippen LogP contribution in [0.4, 0.5) is 5.82 Å². The predicted molar refractivity (Wildman–Crippen MR) is 66.4 cm³/mol. The monoisotopic (exact) mass is 265 g/mol. The summed E-state index contributed by atoms with van der Waals surface area (Å²) in [4.78, 5) is 15.6. The normalized spacial score (nSPS) is 10.4. The third-order valence-electron chi connectivity index (χ3n) is 2.11. The maximum Gasteiger partial charge on any atom is 0.358 e. The van der Waals surface area contributed by atoms with Crippen LogP contribution in [0.15, 0.2) is 29.4 Å². The molecule has 94 valence electrons. The second-order valence-electron chi connectivity index (χ2n) is 3.44. The van der Waals surface area contributed by atoms with Gasteiger partial charge in [0.2, 0.25) is 0 Å². The van der Waals surface area contributed by atoms with Gasteiger partial charge in [-0.15, -0.1) is 16.9 Å². The lowest BCUT2D eigenvalue weighted by Crippen LogP contribution is -2.01. The van der Waals surface area contributed by atoms with Gasteiger partial charge in [-0.05, 0) is 12.1 Å². The molecule has 2 heterocycles. The van der Waals surface area contributed by atoms with Crippen molar-refractivity contribution < 1.29 is 9.90 Å². The number of aromatic carboxylic acids is 1. The summed E-state index contributed by atoms with van der Waals surface area (Å²) in [6, 6.07) is 3.62. The number of aromatic nitrogens is 4. The molecule has 0 spiro atoms. The average Bonchev–Trinajstić information content (AvgIpc) is 2.81. The van der Waals surface area contributed by atoms with E-state index >= 15 is 0 Å². The molecule has 0 unspecified atom stereocenters. The molecule has 0 saturated heterocycles. The standard InChI is InChI=1S/C10H11N5O2S/c11-9-2-1-7(5-12-9)18-4-3-15-6-8(10(16)17)13-14-15/h1-2,5-6H,3-4H2,(H2,11,12)(H,16,17). The number of hydrogen-bond donors (Lipinski definition) is 2. The summed E-state index contributed by atoms with van der Waals surface area (Å²) >= 11 is 1.59. The minimum absolute atomic E-state index is 0.0471. The molecule has 0 aromatic carbocycles. The van der Waals surface area contributed by atoms with Gasteiger partial charge in [0.05, 0.1) is 12.7 Å². The third kappa shape index (κ3) is 3.20. The SMILES string of the molecule is Nc1ccc(SCCn2cc(C(=O)O)nn2)cn1. The number of carboxylic acid groups (broad SMARTS) is 1. The molecule has 0 aliphatic heterocycles. The van der Waals surface area contributed by atoms with Crippen LogP contribution in [0.1, 0.15) is 10.5 Å². The van der Waals surface area contributed by atoms with Crippen LogP contribution in [0.5, 0.6) is 0 Å². The predicted octanol–water partition coefficient (Wildman–Crippen LogP) is 0.746. The van der Waals surface area contributed by atoms with Gasteiger partial charge >= 0.3 is 5.97 Å². The Balaban J connectivity index is 1.84. The van der Waals surface area contributed by atoms with Gasteiger partial charge in [0.15, 0.2) is 5.69 Å². The average molecular weight is 265 g/mol. The summed E-state index contributed by atoms with van der Waals surface area (Å²) in [7, 11) is 0. The van der Waals surface area contributed by atoms with Gasteiger partial charge in [-0.3, -0.25) is 4.68 Å². The minimum atomic E-state index is -1.07. The van der Waals surface area contributed by atoms with E-state index in [1.165, 1.54) is 10.9 Å². The number of anilines is 1. The van der Waals surface area contributed by atoms with Gasteiger partial charge in [-0.2, -0.15) is 0 Å². The number of aryl methyl sites for hydroxylation is 1. The van der Waals surface area contributed by atoms with Crippen LogP contribution in [-0.2, 0) is 6.54 Å². The van der Waals surface area contributed by atoms with Gasteiger partial charge in [0.25, 0.3) is 0 Å². The van der Waals surface area contributed by atoms with Crippen molar-refractivity contribution in [2.45, 2.75) is 11.4 Å².